The van der Waals surface area contributed by atoms with Crippen LogP contribution in [0.1, 0.15) is 12.5 Å². The summed E-state index contributed by atoms with van der Waals surface area (Å²) in [7, 11) is 0. The van der Waals surface area contributed by atoms with E-state index in [1.807, 2.05) is 30.5 Å². The number of halogens is 1. The summed E-state index contributed by atoms with van der Waals surface area (Å²) >= 11 is 6.05. The normalized spacial score (nSPS) is 17.5. The van der Waals surface area contributed by atoms with E-state index in [4.69, 9.17) is 16.3 Å². The molecule has 0 unspecified atom stereocenters. The third-order valence-electron chi connectivity index (χ3n) is 4.56. The Morgan fingerprint density at radius 1 is 1.23 bits per heavy atom. The van der Waals surface area contributed by atoms with Gasteiger partial charge >= 0.3 is 0 Å². The number of hydrogen-bond acceptors (Lipinski definition) is 5. The first-order chi connectivity index (χ1) is 12.7. The third kappa shape index (κ3) is 3.74. The number of ether oxygens (including phenoxy) is 1. The summed E-state index contributed by atoms with van der Waals surface area (Å²) in [6, 6.07) is 11.9. The predicted molar refractivity (Wildman–Crippen MR) is 106 cm³/mol. The molecule has 0 spiro atoms. The minimum absolute atomic E-state index is 0.250. The van der Waals surface area contributed by atoms with E-state index >= 15 is 0 Å². The van der Waals surface area contributed by atoms with Crippen molar-refractivity contribution in [2.45, 2.75) is 19.6 Å². The molecule has 1 saturated heterocycles. The van der Waals surface area contributed by atoms with Crippen LogP contribution in [0.15, 0.2) is 48.8 Å². The fourth-order valence-corrected chi connectivity index (χ4v) is 3.37. The van der Waals surface area contributed by atoms with E-state index in [0.29, 0.717) is 11.6 Å². The van der Waals surface area contributed by atoms with Crippen LogP contribution in [0.3, 0.4) is 0 Å². The molecule has 0 radical (unpaired) electrons. The second-order valence-electron chi connectivity index (χ2n) is 6.53. The summed E-state index contributed by atoms with van der Waals surface area (Å²) in [6.45, 7) is 5.33. The first-order valence-electron chi connectivity index (χ1n) is 8.79. The Morgan fingerprint density at radius 2 is 2.15 bits per heavy atom. The first kappa shape index (κ1) is 17.1. The van der Waals surface area contributed by atoms with E-state index in [0.717, 1.165) is 47.7 Å². The van der Waals surface area contributed by atoms with Gasteiger partial charge in [-0.2, -0.15) is 0 Å². The number of anilines is 2. The van der Waals surface area contributed by atoms with Crippen LogP contribution in [-0.2, 0) is 11.3 Å². The monoisotopic (exact) mass is 368 g/mol. The maximum Gasteiger partial charge on any atom is 0.128 e. The number of fused-ring (bicyclic) bond motifs is 1. The summed E-state index contributed by atoms with van der Waals surface area (Å²) in [5.74, 6) is 1.01. The summed E-state index contributed by atoms with van der Waals surface area (Å²) in [5, 5.41) is 5.23. The molecule has 5 nitrogen and oxygen atoms in total. The quantitative estimate of drug-likeness (QED) is 0.750. The SMILES string of the molecule is C[C@H]1CN(c2ccc(CNc3ccnc4cc(Cl)ccc34)cn2)CCO1. The Hall–Kier alpha value is -2.37. The highest BCUT2D eigenvalue weighted by Gasteiger charge is 2.17. The van der Waals surface area contributed by atoms with Crippen LogP contribution in [0, 0.1) is 0 Å². The van der Waals surface area contributed by atoms with Gasteiger partial charge in [-0.1, -0.05) is 17.7 Å². The molecule has 2 aromatic heterocycles. The minimum atomic E-state index is 0.250. The maximum absolute atomic E-state index is 6.05. The molecule has 3 heterocycles. The lowest BCUT2D eigenvalue weighted by Crippen LogP contribution is -2.41. The van der Waals surface area contributed by atoms with Crippen LogP contribution < -0.4 is 10.2 Å². The van der Waals surface area contributed by atoms with Crippen molar-refractivity contribution in [1.82, 2.24) is 9.97 Å². The van der Waals surface area contributed by atoms with Gasteiger partial charge < -0.3 is 15.0 Å². The van der Waals surface area contributed by atoms with Crippen molar-refractivity contribution in [2.24, 2.45) is 0 Å². The van der Waals surface area contributed by atoms with E-state index in [-0.39, 0.29) is 6.10 Å². The third-order valence-corrected chi connectivity index (χ3v) is 4.80. The molecule has 3 aromatic rings. The zero-order valence-electron chi connectivity index (χ0n) is 14.7. The zero-order valence-corrected chi connectivity index (χ0v) is 15.4. The van der Waals surface area contributed by atoms with Gasteiger partial charge in [0, 0.05) is 48.1 Å². The highest BCUT2D eigenvalue weighted by molar-refractivity contribution is 6.31. The van der Waals surface area contributed by atoms with Crippen molar-refractivity contribution in [2.75, 3.05) is 29.9 Å². The highest BCUT2D eigenvalue weighted by Crippen LogP contribution is 2.25. The molecule has 26 heavy (non-hydrogen) atoms. The average Bonchev–Trinajstić information content (AvgIpc) is 2.66. The molecule has 0 saturated carbocycles. The Labute approximate surface area is 158 Å². The molecule has 1 aromatic carbocycles. The molecule has 6 heteroatoms. The summed E-state index contributed by atoms with van der Waals surface area (Å²) in [6.07, 6.45) is 3.98. The van der Waals surface area contributed by atoms with E-state index in [1.165, 1.54) is 0 Å². The fraction of sp³-hybridized carbons (Fsp3) is 0.300. The highest BCUT2D eigenvalue weighted by atomic mass is 35.5. The topological polar surface area (TPSA) is 50.3 Å². The standard InChI is InChI=1S/C20H21ClN4O/c1-14-13-25(8-9-26-14)20-5-2-15(12-24-20)11-23-18-6-7-22-19-10-16(21)3-4-17(18)19/h2-7,10,12,14H,8-9,11,13H2,1H3,(H,22,23)/t14-/m0/s1. The molecule has 1 fully saturated rings. The number of morpholine rings is 1. The van der Waals surface area contributed by atoms with Crippen LogP contribution in [-0.4, -0.2) is 35.8 Å². The molecule has 1 aliphatic rings. The van der Waals surface area contributed by atoms with E-state index in [2.05, 4.69) is 39.2 Å². The van der Waals surface area contributed by atoms with Crippen LogP contribution in [0.2, 0.25) is 5.02 Å². The fourth-order valence-electron chi connectivity index (χ4n) is 3.21. The molecule has 1 atom stereocenters. The lowest BCUT2D eigenvalue weighted by Gasteiger charge is -2.32. The number of aromatic nitrogens is 2. The number of nitrogens with zero attached hydrogens (tertiary/aromatic N) is 3. The molecule has 0 amide bonds. The lowest BCUT2D eigenvalue weighted by atomic mass is 10.2. The smallest absolute Gasteiger partial charge is 0.128 e. The van der Waals surface area contributed by atoms with E-state index in [9.17, 15) is 0 Å². The van der Waals surface area contributed by atoms with Crippen molar-refractivity contribution < 1.29 is 4.74 Å². The number of nitrogens with one attached hydrogen (secondary N) is 1. The van der Waals surface area contributed by atoms with Crippen LogP contribution >= 0.6 is 11.6 Å². The second-order valence-corrected chi connectivity index (χ2v) is 6.96. The number of rotatable bonds is 4. The average molecular weight is 369 g/mol. The van der Waals surface area contributed by atoms with Gasteiger partial charge in [0.1, 0.15) is 5.82 Å². The van der Waals surface area contributed by atoms with Gasteiger partial charge in [-0.3, -0.25) is 4.98 Å². The number of hydrogen-bond donors (Lipinski definition) is 1. The minimum Gasteiger partial charge on any atom is -0.380 e. The van der Waals surface area contributed by atoms with E-state index in [1.54, 1.807) is 6.20 Å². The molecule has 134 valence electrons. The van der Waals surface area contributed by atoms with Crippen molar-refractivity contribution in [3.63, 3.8) is 0 Å². The summed E-state index contributed by atoms with van der Waals surface area (Å²) < 4.78 is 5.59. The Balaban J connectivity index is 1.45. The molecule has 4 rings (SSSR count). The molecule has 1 aliphatic heterocycles. The lowest BCUT2D eigenvalue weighted by molar-refractivity contribution is 0.0529. The van der Waals surface area contributed by atoms with Crippen LogP contribution in [0.25, 0.3) is 10.9 Å². The second kappa shape index (κ2) is 7.48. The summed E-state index contributed by atoms with van der Waals surface area (Å²) in [4.78, 5) is 11.3. The molecular weight excluding hydrogens is 348 g/mol. The van der Waals surface area contributed by atoms with E-state index < -0.39 is 0 Å². The molecule has 1 N–H and O–H groups in total. The molecular formula is C20H21ClN4O. The van der Waals surface area contributed by atoms with Crippen LogP contribution in [0.5, 0.6) is 0 Å². The predicted octanol–water partition coefficient (Wildman–Crippen LogP) is 4.12. The number of benzene rings is 1. The van der Waals surface area contributed by atoms with Crippen molar-refractivity contribution in [3.8, 4) is 0 Å². The van der Waals surface area contributed by atoms with Gasteiger partial charge in [0.2, 0.25) is 0 Å². The Kier molecular flexibility index (Phi) is 4.91. The largest absolute Gasteiger partial charge is 0.380 e. The van der Waals surface area contributed by atoms with Crippen LogP contribution in [0.4, 0.5) is 11.5 Å². The first-order valence-corrected chi connectivity index (χ1v) is 9.16. The maximum atomic E-state index is 6.05. The molecule has 0 aliphatic carbocycles. The Morgan fingerprint density at radius 3 is 2.96 bits per heavy atom. The Bertz CT molecular complexity index is 900. The van der Waals surface area contributed by atoms with Crippen molar-refractivity contribution in [3.05, 3.63) is 59.4 Å². The zero-order chi connectivity index (χ0) is 17.9. The number of pyridine rings is 2. The molecule has 0 bridgehead atoms. The van der Waals surface area contributed by atoms with Crippen molar-refractivity contribution >= 4 is 34.0 Å². The van der Waals surface area contributed by atoms with Gasteiger partial charge in [-0.05, 0) is 42.8 Å². The summed E-state index contributed by atoms with van der Waals surface area (Å²) in [5.41, 5.74) is 3.06. The van der Waals surface area contributed by atoms with Gasteiger partial charge in [0.15, 0.2) is 0 Å². The van der Waals surface area contributed by atoms with Gasteiger partial charge in [-0.25, -0.2) is 4.98 Å². The van der Waals surface area contributed by atoms with Crippen molar-refractivity contribution in [1.29, 1.82) is 0 Å². The van der Waals surface area contributed by atoms with Gasteiger partial charge in [0.05, 0.1) is 18.2 Å². The van der Waals surface area contributed by atoms with Gasteiger partial charge in [0.25, 0.3) is 0 Å². The van der Waals surface area contributed by atoms with Gasteiger partial charge in [-0.15, -0.1) is 0 Å².